The van der Waals surface area contributed by atoms with Crippen molar-refractivity contribution < 1.29 is 19.2 Å². The van der Waals surface area contributed by atoms with Gasteiger partial charge in [-0.25, -0.2) is 4.98 Å². The lowest BCUT2D eigenvalue weighted by Crippen LogP contribution is -3.12. The molecule has 1 saturated heterocycles. The minimum atomic E-state index is -0.271. The summed E-state index contributed by atoms with van der Waals surface area (Å²) in [5, 5.41) is 9.56. The molecule has 2 aliphatic rings. The van der Waals surface area contributed by atoms with Gasteiger partial charge in [0, 0.05) is 34.9 Å². The Morgan fingerprint density at radius 3 is 2.73 bits per heavy atom. The van der Waals surface area contributed by atoms with Gasteiger partial charge >= 0.3 is 0 Å². The van der Waals surface area contributed by atoms with Crippen molar-refractivity contribution in [3.8, 4) is 5.75 Å². The van der Waals surface area contributed by atoms with E-state index in [0.29, 0.717) is 30.7 Å². The highest BCUT2D eigenvalue weighted by atomic mass is 16.5. The van der Waals surface area contributed by atoms with Crippen molar-refractivity contribution in [3.05, 3.63) is 73.0 Å². The lowest BCUT2D eigenvalue weighted by atomic mass is 10.0. The van der Waals surface area contributed by atoms with Crippen molar-refractivity contribution in [1.29, 1.82) is 0 Å². The van der Waals surface area contributed by atoms with Crippen LogP contribution in [0.15, 0.2) is 67.4 Å². The molecule has 2 aromatic carbocycles. The fourth-order valence-corrected chi connectivity index (χ4v) is 4.80. The zero-order chi connectivity index (χ0) is 27.9. The largest absolute Gasteiger partial charge is 0.494 e. The van der Waals surface area contributed by atoms with Gasteiger partial charge in [0.1, 0.15) is 11.6 Å². The summed E-state index contributed by atoms with van der Waals surface area (Å²) in [6.45, 7) is 8.97. The van der Waals surface area contributed by atoms with Gasteiger partial charge < -0.3 is 35.2 Å². The van der Waals surface area contributed by atoms with E-state index in [2.05, 4.69) is 57.7 Å². The van der Waals surface area contributed by atoms with Gasteiger partial charge in [0.25, 0.3) is 0 Å². The number of nitrogens with one attached hydrogen (secondary N) is 4. The number of carbonyl (C=O) groups is 1. The van der Waals surface area contributed by atoms with Gasteiger partial charge in [-0.3, -0.25) is 4.79 Å². The van der Waals surface area contributed by atoms with Crippen molar-refractivity contribution in [3.63, 3.8) is 0 Å². The molecule has 3 aromatic rings. The van der Waals surface area contributed by atoms with Gasteiger partial charge in [0.15, 0.2) is 0 Å². The molecule has 10 heteroatoms. The Morgan fingerprint density at radius 2 is 1.98 bits per heavy atom. The number of nitrogens with zero attached hydrogens (tertiary/aromatic N) is 3. The summed E-state index contributed by atoms with van der Waals surface area (Å²) >= 11 is 0. The molecule has 1 aromatic heterocycles. The number of piperazine rings is 1. The standard InChI is InChI=1S/C30H35N7O3/c1-4-28(38)32-22-6-5-7-23(18-22)33-29-25(21-10-16-40-17-11-21)20-31-30(35-29)34-26-9-8-24(19-27(26)39-3)37-14-12-36(2)13-15-37/h4-10,18-20H,1,11-17H2,2-3H3,(H,32,38)(H2,31,33,34,35)/p+1. The van der Waals surface area contributed by atoms with Gasteiger partial charge in [-0.1, -0.05) is 18.7 Å². The number of quaternary nitrogens is 1. The van der Waals surface area contributed by atoms with Crippen LogP contribution in [0.1, 0.15) is 12.0 Å². The maximum atomic E-state index is 11.8. The highest BCUT2D eigenvalue weighted by Gasteiger charge is 2.19. The average molecular weight is 543 g/mol. The van der Waals surface area contributed by atoms with Crippen LogP contribution in [0.5, 0.6) is 5.75 Å². The number of methoxy groups -OCH3 is 1. The maximum absolute atomic E-state index is 11.8. The second-order valence-corrected chi connectivity index (χ2v) is 9.86. The molecule has 208 valence electrons. The van der Waals surface area contributed by atoms with Gasteiger partial charge in [-0.15, -0.1) is 0 Å². The van der Waals surface area contributed by atoms with Crippen molar-refractivity contribution in [2.75, 3.05) is 74.4 Å². The summed E-state index contributed by atoms with van der Waals surface area (Å²) in [6.07, 6.45) is 5.89. The number of benzene rings is 2. The van der Waals surface area contributed by atoms with Crippen molar-refractivity contribution in [1.82, 2.24) is 9.97 Å². The van der Waals surface area contributed by atoms with Crippen LogP contribution in [0.4, 0.5) is 34.5 Å². The van der Waals surface area contributed by atoms with E-state index in [1.54, 1.807) is 12.0 Å². The number of rotatable bonds is 9. The van der Waals surface area contributed by atoms with Crippen LogP contribution in [-0.2, 0) is 9.53 Å². The summed E-state index contributed by atoms with van der Waals surface area (Å²) in [7, 11) is 3.90. The van der Waals surface area contributed by atoms with E-state index in [0.717, 1.165) is 66.5 Å². The van der Waals surface area contributed by atoms with E-state index in [9.17, 15) is 4.79 Å². The molecule has 0 aliphatic carbocycles. The molecular weight excluding hydrogens is 506 g/mol. The quantitative estimate of drug-likeness (QED) is 0.306. The molecule has 4 N–H and O–H groups in total. The first-order chi connectivity index (χ1) is 19.5. The molecule has 1 amide bonds. The van der Waals surface area contributed by atoms with Crippen LogP contribution in [-0.4, -0.2) is 69.4 Å². The normalized spacial score (nSPS) is 15.7. The summed E-state index contributed by atoms with van der Waals surface area (Å²) in [5.74, 6) is 1.54. The lowest BCUT2D eigenvalue weighted by Gasteiger charge is -2.32. The number of aromatic nitrogens is 2. The molecule has 0 unspecified atom stereocenters. The third kappa shape index (κ3) is 6.59. The monoisotopic (exact) mass is 542 g/mol. The molecule has 1 fully saturated rings. The number of amides is 1. The Bertz CT molecular complexity index is 1400. The molecule has 5 rings (SSSR count). The molecule has 0 radical (unpaired) electrons. The zero-order valence-electron chi connectivity index (χ0n) is 23.0. The first kappa shape index (κ1) is 27.2. The van der Waals surface area contributed by atoms with Crippen molar-refractivity contribution in [2.45, 2.75) is 6.42 Å². The molecule has 10 nitrogen and oxygen atoms in total. The highest BCUT2D eigenvalue weighted by Crippen LogP contribution is 2.34. The minimum absolute atomic E-state index is 0.271. The van der Waals surface area contributed by atoms with Crippen molar-refractivity contribution >= 4 is 46.0 Å². The zero-order valence-corrected chi connectivity index (χ0v) is 23.0. The van der Waals surface area contributed by atoms with Gasteiger partial charge in [0.2, 0.25) is 11.9 Å². The van der Waals surface area contributed by atoms with E-state index in [4.69, 9.17) is 14.5 Å². The van der Waals surface area contributed by atoms with Gasteiger partial charge in [0.05, 0.1) is 59.2 Å². The fraction of sp³-hybridized carbons (Fsp3) is 0.300. The number of carbonyl (C=O) groups excluding carboxylic acids is 1. The van der Waals surface area contributed by atoms with Crippen LogP contribution >= 0.6 is 0 Å². The summed E-state index contributed by atoms with van der Waals surface area (Å²) in [4.78, 5) is 25.2. The lowest BCUT2D eigenvalue weighted by molar-refractivity contribution is -0.880. The minimum Gasteiger partial charge on any atom is -0.494 e. The molecule has 40 heavy (non-hydrogen) atoms. The third-order valence-corrected chi connectivity index (χ3v) is 7.09. The van der Waals surface area contributed by atoms with Crippen LogP contribution in [0.3, 0.4) is 0 Å². The SMILES string of the molecule is C=CC(=O)Nc1cccc(Nc2nc(Nc3ccc(N4CC[NH+](C)CC4)cc3OC)ncc2C2=CCOCC2)c1. The number of ether oxygens (including phenoxy) is 2. The first-order valence-corrected chi connectivity index (χ1v) is 13.5. The Balaban J connectivity index is 1.42. The van der Waals surface area contributed by atoms with E-state index >= 15 is 0 Å². The summed E-state index contributed by atoms with van der Waals surface area (Å²) in [6, 6.07) is 13.6. The Labute approximate surface area is 234 Å². The first-order valence-electron chi connectivity index (χ1n) is 13.5. The van der Waals surface area contributed by atoms with E-state index in [1.165, 1.54) is 6.08 Å². The van der Waals surface area contributed by atoms with E-state index < -0.39 is 0 Å². The molecule has 0 bridgehead atoms. The van der Waals surface area contributed by atoms with Crippen LogP contribution in [0.25, 0.3) is 5.57 Å². The van der Waals surface area contributed by atoms with Crippen molar-refractivity contribution in [2.24, 2.45) is 0 Å². The molecular formula is C30H36N7O3+. The average Bonchev–Trinajstić information content (AvgIpc) is 2.98. The topological polar surface area (TPSA) is 105 Å². The molecule has 3 heterocycles. The van der Waals surface area contributed by atoms with Gasteiger partial charge in [-0.05, 0) is 48.4 Å². The maximum Gasteiger partial charge on any atom is 0.247 e. The Kier molecular flexibility index (Phi) is 8.58. The molecule has 2 aliphatic heterocycles. The number of likely N-dealkylation sites (N-methyl/N-ethyl adjacent to an activating group) is 1. The fourth-order valence-electron chi connectivity index (χ4n) is 4.80. The highest BCUT2D eigenvalue weighted by molar-refractivity contribution is 5.99. The predicted octanol–water partition coefficient (Wildman–Crippen LogP) is 3.24. The Hall–Kier alpha value is -4.41. The third-order valence-electron chi connectivity index (χ3n) is 7.09. The van der Waals surface area contributed by atoms with E-state index in [1.807, 2.05) is 36.5 Å². The molecule has 0 spiro atoms. The van der Waals surface area contributed by atoms with Crippen LogP contribution in [0.2, 0.25) is 0 Å². The van der Waals surface area contributed by atoms with Crippen LogP contribution in [0, 0.1) is 0 Å². The number of hydrogen-bond acceptors (Lipinski definition) is 8. The van der Waals surface area contributed by atoms with E-state index in [-0.39, 0.29) is 5.91 Å². The smallest absolute Gasteiger partial charge is 0.247 e. The molecule has 0 saturated carbocycles. The van der Waals surface area contributed by atoms with Gasteiger partial charge in [-0.2, -0.15) is 4.98 Å². The second-order valence-electron chi connectivity index (χ2n) is 9.86. The Morgan fingerprint density at radius 1 is 1.15 bits per heavy atom. The second kappa shape index (κ2) is 12.6. The predicted molar refractivity (Wildman–Crippen MR) is 159 cm³/mol. The summed E-state index contributed by atoms with van der Waals surface area (Å²) in [5.41, 5.74) is 5.37. The molecule has 0 atom stereocenters. The number of hydrogen-bond donors (Lipinski definition) is 4. The summed E-state index contributed by atoms with van der Waals surface area (Å²) < 4.78 is 11.3. The van der Waals surface area contributed by atoms with Crippen LogP contribution < -0.4 is 30.5 Å². The number of anilines is 6.